The second kappa shape index (κ2) is 33.3. The first-order chi connectivity index (χ1) is 21.4. The lowest BCUT2D eigenvalue weighted by atomic mass is 10.0. The third-order valence-corrected chi connectivity index (χ3v) is 8.55. The van der Waals surface area contributed by atoms with Crippen LogP contribution in [0.3, 0.4) is 0 Å². The van der Waals surface area contributed by atoms with Crippen LogP contribution in [0.1, 0.15) is 161 Å². The Morgan fingerprint density at radius 3 is 1.61 bits per heavy atom. The Balaban J connectivity index is 3.34. The maximum atomic E-state index is 11.8. The van der Waals surface area contributed by atoms with Crippen molar-refractivity contribution >= 4 is 13.8 Å². The highest BCUT2D eigenvalue weighted by Gasteiger charge is 2.22. The van der Waals surface area contributed by atoms with Gasteiger partial charge in [0, 0.05) is 13.0 Å². The molecule has 0 aromatic heterocycles. The van der Waals surface area contributed by atoms with Crippen molar-refractivity contribution in [3.8, 4) is 0 Å². The van der Waals surface area contributed by atoms with E-state index in [4.69, 9.17) is 10.5 Å². The average Bonchev–Trinajstić information content (AvgIpc) is 3.01. The Kier molecular flexibility index (Phi) is 32.6. The first-order valence-electron chi connectivity index (χ1n) is 17.9. The largest absolute Gasteiger partial charge is 0.472 e. The summed E-state index contributed by atoms with van der Waals surface area (Å²) in [7, 11) is -4.25. The van der Waals surface area contributed by atoms with E-state index in [1.54, 1.807) is 0 Å². The molecular weight excluding hydrogens is 577 g/mol. The number of hydrogen-bond acceptors (Lipinski definition) is 7. The molecule has 0 heterocycles. The van der Waals surface area contributed by atoms with Crippen molar-refractivity contribution in [2.45, 2.75) is 167 Å². The van der Waals surface area contributed by atoms with E-state index in [1.165, 1.54) is 122 Å². The molecule has 0 aliphatic rings. The van der Waals surface area contributed by atoms with Crippen molar-refractivity contribution in [2.24, 2.45) is 5.73 Å². The van der Waals surface area contributed by atoms with Crippen molar-refractivity contribution in [2.75, 3.05) is 26.4 Å². The molecule has 9 heteroatoms. The number of nitrogens with two attached hydrogens (primary N) is 1. The minimum Gasteiger partial charge on any atom is -0.463 e. The number of esters is 1. The van der Waals surface area contributed by atoms with Crippen LogP contribution in [0.2, 0.25) is 0 Å². The molecule has 0 aliphatic heterocycles. The lowest BCUT2D eigenvalue weighted by Gasteiger charge is -2.15. The molecule has 0 rings (SSSR count). The van der Waals surface area contributed by atoms with Crippen LogP contribution in [-0.4, -0.2) is 48.4 Å². The van der Waals surface area contributed by atoms with Crippen LogP contribution in [0.25, 0.3) is 0 Å². The lowest BCUT2D eigenvalue weighted by Crippen LogP contribution is -2.23. The van der Waals surface area contributed by atoms with Gasteiger partial charge < -0.3 is 20.5 Å². The molecule has 0 fully saturated rings. The number of carbonyl (C=O) groups is 1. The molecule has 2 atom stereocenters. The third-order valence-electron chi connectivity index (χ3n) is 7.57. The summed E-state index contributed by atoms with van der Waals surface area (Å²) in [6.07, 6.45) is 37.7. The molecule has 0 saturated heterocycles. The second-order valence-electron chi connectivity index (χ2n) is 11.9. The van der Waals surface area contributed by atoms with Gasteiger partial charge in [-0.25, -0.2) is 4.57 Å². The predicted molar refractivity (Wildman–Crippen MR) is 183 cm³/mol. The topological polar surface area (TPSA) is 128 Å². The summed E-state index contributed by atoms with van der Waals surface area (Å²) in [4.78, 5) is 21.2. The summed E-state index contributed by atoms with van der Waals surface area (Å²) in [5.74, 6) is -0.384. The van der Waals surface area contributed by atoms with Gasteiger partial charge in [0.2, 0.25) is 0 Å². The lowest BCUT2D eigenvalue weighted by molar-refractivity contribution is -0.147. The van der Waals surface area contributed by atoms with Gasteiger partial charge in [-0.15, -0.1) is 0 Å². The fourth-order valence-corrected chi connectivity index (χ4v) is 5.67. The van der Waals surface area contributed by atoms with Gasteiger partial charge in [0.05, 0.1) is 13.2 Å². The van der Waals surface area contributed by atoms with Crippen LogP contribution in [0.15, 0.2) is 24.3 Å². The quantitative estimate of drug-likeness (QED) is 0.0273. The standard InChI is InChI=1S/C35H68NO7P/c1-2-3-4-5-6-7-8-9-10-11-12-13-14-15-16-17-18-19-20-21-22-23-24-25-26-27-28-29-35(38)41-32-34(37)33-43-44(39,40)42-31-30-36/h8-9,11-12,34,37H,2-7,10,13-33,36H2,1H3,(H,39,40)/b9-8-,12-11-. The molecule has 260 valence electrons. The van der Waals surface area contributed by atoms with Crippen molar-refractivity contribution in [1.29, 1.82) is 0 Å². The summed E-state index contributed by atoms with van der Waals surface area (Å²) >= 11 is 0. The van der Waals surface area contributed by atoms with E-state index in [0.29, 0.717) is 6.42 Å². The van der Waals surface area contributed by atoms with Gasteiger partial charge in [-0.1, -0.05) is 140 Å². The smallest absolute Gasteiger partial charge is 0.463 e. The first kappa shape index (κ1) is 43.0. The normalized spacial score (nSPS) is 14.0. The van der Waals surface area contributed by atoms with Gasteiger partial charge in [-0.05, 0) is 38.5 Å². The van der Waals surface area contributed by atoms with Gasteiger partial charge in [0.1, 0.15) is 12.7 Å². The number of aliphatic hydroxyl groups is 1. The Morgan fingerprint density at radius 1 is 0.682 bits per heavy atom. The number of carbonyl (C=O) groups excluding carboxylic acids is 1. The summed E-state index contributed by atoms with van der Waals surface area (Å²) < 4.78 is 25.7. The number of unbranched alkanes of at least 4 members (excludes halogenated alkanes) is 20. The predicted octanol–water partition coefficient (Wildman–Crippen LogP) is 9.48. The number of phosphoric ester groups is 1. The highest BCUT2D eigenvalue weighted by molar-refractivity contribution is 7.47. The number of allylic oxidation sites excluding steroid dienone is 4. The summed E-state index contributed by atoms with van der Waals surface area (Å²) in [5, 5.41) is 9.74. The van der Waals surface area contributed by atoms with Gasteiger partial charge in [-0.3, -0.25) is 13.8 Å². The first-order valence-corrected chi connectivity index (χ1v) is 19.4. The van der Waals surface area contributed by atoms with E-state index in [0.717, 1.165) is 25.7 Å². The number of aliphatic hydroxyl groups excluding tert-OH is 1. The van der Waals surface area contributed by atoms with E-state index >= 15 is 0 Å². The van der Waals surface area contributed by atoms with Crippen LogP contribution >= 0.6 is 7.82 Å². The molecule has 44 heavy (non-hydrogen) atoms. The molecule has 0 bridgehead atoms. The molecule has 0 aromatic rings. The minimum absolute atomic E-state index is 0.0749. The fourth-order valence-electron chi connectivity index (χ4n) is 4.90. The Labute approximate surface area is 270 Å². The molecule has 0 aliphatic carbocycles. The van der Waals surface area contributed by atoms with Crippen LogP contribution in [-0.2, 0) is 23.1 Å². The second-order valence-corrected chi connectivity index (χ2v) is 13.4. The van der Waals surface area contributed by atoms with E-state index in [9.17, 15) is 19.4 Å². The van der Waals surface area contributed by atoms with E-state index < -0.39 is 20.5 Å². The summed E-state index contributed by atoms with van der Waals surface area (Å²) in [6.45, 7) is 1.46. The number of phosphoric acid groups is 1. The van der Waals surface area contributed by atoms with Gasteiger partial charge >= 0.3 is 13.8 Å². The number of ether oxygens (including phenoxy) is 1. The number of hydrogen-bond donors (Lipinski definition) is 3. The van der Waals surface area contributed by atoms with E-state index in [-0.39, 0.29) is 25.7 Å². The average molecular weight is 646 g/mol. The molecule has 4 N–H and O–H groups in total. The molecule has 0 radical (unpaired) electrons. The van der Waals surface area contributed by atoms with Crippen LogP contribution in [0.5, 0.6) is 0 Å². The van der Waals surface area contributed by atoms with Gasteiger partial charge in [0.15, 0.2) is 0 Å². The number of rotatable bonds is 34. The van der Waals surface area contributed by atoms with Crippen LogP contribution < -0.4 is 5.73 Å². The zero-order chi connectivity index (χ0) is 32.4. The van der Waals surface area contributed by atoms with E-state index in [1.807, 2.05) is 0 Å². The molecule has 0 saturated carbocycles. The molecule has 0 spiro atoms. The van der Waals surface area contributed by atoms with Crippen molar-refractivity contribution in [3.63, 3.8) is 0 Å². The van der Waals surface area contributed by atoms with Crippen molar-refractivity contribution in [3.05, 3.63) is 24.3 Å². The van der Waals surface area contributed by atoms with E-state index in [2.05, 4.69) is 40.3 Å². The maximum Gasteiger partial charge on any atom is 0.472 e. The summed E-state index contributed by atoms with van der Waals surface area (Å²) in [6, 6.07) is 0. The minimum atomic E-state index is -4.25. The molecule has 0 amide bonds. The molecule has 2 unspecified atom stereocenters. The zero-order valence-corrected chi connectivity index (χ0v) is 29.0. The highest BCUT2D eigenvalue weighted by Crippen LogP contribution is 2.42. The van der Waals surface area contributed by atoms with Gasteiger partial charge in [-0.2, -0.15) is 0 Å². The Hall–Kier alpha value is -1.02. The monoisotopic (exact) mass is 645 g/mol. The molecular formula is C35H68NO7P. The molecule has 0 aromatic carbocycles. The fraction of sp³-hybridized carbons (Fsp3) is 0.857. The van der Waals surface area contributed by atoms with Crippen molar-refractivity contribution in [1.82, 2.24) is 0 Å². The third kappa shape index (κ3) is 33.9. The van der Waals surface area contributed by atoms with Crippen molar-refractivity contribution < 1.29 is 33.1 Å². The summed E-state index contributed by atoms with van der Waals surface area (Å²) in [5.41, 5.74) is 5.19. The van der Waals surface area contributed by atoms with Crippen LogP contribution in [0.4, 0.5) is 0 Å². The highest BCUT2D eigenvalue weighted by atomic mass is 31.2. The Bertz CT molecular complexity index is 732. The molecule has 8 nitrogen and oxygen atoms in total. The Morgan fingerprint density at radius 2 is 1.14 bits per heavy atom. The van der Waals surface area contributed by atoms with Gasteiger partial charge in [0.25, 0.3) is 0 Å². The zero-order valence-electron chi connectivity index (χ0n) is 28.1. The maximum absolute atomic E-state index is 11.8. The van der Waals surface area contributed by atoms with Crippen LogP contribution in [0, 0.1) is 0 Å². The SMILES string of the molecule is CCCCCCC/C=C\C/C=C\CCCCCCCCCCCCCCCCCC(=O)OCC(O)COP(=O)(O)OCCN.